The Morgan fingerprint density at radius 1 is 1.04 bits per heavy atom. The second kappa shape index (κ2) is 7.55. The molecule has 5 nitrogen and oxygen atoms in total. The fraction of sp³-hybridized carbons (Fsp3) is 0.400. The molecule has 1 heterocycles. The molecule has 0 amide bonds. The Kier molecular flexibility index (Phi) is 5.67. The number of hydrogen-bond donors (Lipinski definition) is 0. The first kappa shape index (κ1) is 18.8. The number of Topliss-reactive ketones (excluding diaryl/α,β-unsaturated/α-hetero) is 1. The van der Waals surface area contributed by atoms with Crippen LogP contribution in [0.5, 0.6) is 5.75 Å². The van der Waals surface area contributed by atoms with E-state index in [4.69, 9.17) is 9.47 Å². The number of aromatic nitrogens is 1. The molecule has 25 heavy (non-hydrogen) atoms. The van der Waals surface area contributed by atoms with Gasteiger partial charge >= 0.3 is 5.97 Å². The van der Waals surface area contributed by atoms with Crippen LogP contribution in [-0.2, 0) is 4.74 Å². The number of carbonyl (C=O) groups excluding carboxylic acids is 2. The summed E-state index contributed by atoms with van der Waals surface area (Å²) in [6.07, 6.45) is -0.858. The van der Waals surface area contributed by atoms with Gasteiger partial charge in [0.05, 0.1) is 12.7 Å². The van der Waals surface area contributed by atoms with Gasteiger partial charge in [-0.05, 0) is 65.0 Å². The Morgan fingerprint density at radius 3 is 2.12 bits per heavy atom. The molecular weight excluding hydrogens is 318 g/mol. The van der Waals surface area contributed by atoms with Crippen molar-refractivity contribution in [2.45, 2.75) is 46.8 Å². The van der Waals surface area contributed by atoms with Crippen LogP contribution in [0.3, 0.4) is 0 Å². The van der Waals surface area contributed by atoms with E-state index in [1.54, 1.807) is 38.3 Å². The number of nitrogens with zero attached hydrogens (tertiary/aromatic N) is 1. The van der Waals surface area contributed by atoms with Crippen molar-refractivity contribution < 1.29 is 19.1 Å². The highest BCUT2D eigenvalue weighted by atomic mass is 16.5. The lowest BCUT2D eigenvalue weighted by atomic mass is 10.1. The molecule has 0 spiro atoms. The molecule has 0 aliphatic rings. The SMILES string of the molecule is COc1ccc(C(=O)[C@H](C)OC(=O)c2cc(C)n(C(C)C)c2C)cc1. The van der Waals surface area contributed by atoms with Crippen LogP contribution in [0.4, 0.5) is 0 Å². The maximum atomic E-state index is 12.5. The molecule has 0 bridgehead atoms. The molecule has 0 radical (unpaired) electrons. The molecular formula is C20H25NO4. The number of methoxy groups -OCH3 is 1. The first-order valence-electron chi connectivity index (χ1n) is 8.34. The fourth-order valence-corrected chi connectivity index (χ4v) is 3.05. The van der Waals surface area contributed by atoms with Gasteiger partial charge in [0.25, 0.3) is 0 Å². The van der Waals surface area contributed by atoms with Crippen LogP contribution in [0.1, 0.15) is 58.9 Å². The number of esters is 1. The average Bonchev–Trinajstić information content (AvgIpc) is 2.88. The van der Waals surface area contributed by atoms with Gasteiger partial charge in [0, 0.05) is 23.0 Å². The zero-order chi connectivity index (χ0) is 18.7. The summed E-state index contributed by atoms with van der Waals surface area (Å²) in [4.78, 5) is 24.9. The molecule has 0 N–H and O–H groups in total. The van der Waals surface area contributed by atoms with Crippen LogP contribution in [0.25, 0.3) is 0 Å². The lowest BCUT2D eigenvalue weighted by Crippen LogP contribution is -2.24. The van der Waals surface area contributed by atoms with Crippen molar-refractivity contribution in [2.24, 2.45) is 0 Å². The molecule has 0 aliphatic carbocycles. The summed E-state index contributed by atoms with van der Waals surface area (Å²) in [6, 6.07) is 8.80. The van der Waals surface area contributed by atoms with E-state index >= 15 is 0 Å². The Hall–Kier alpha value is -2.56. The van der Waals surface area contributed by atoms with Gasteiger partial charge in [-0.25, -0.2) is 4.79 Å². The smallest absolute Gasteiger partial charge is 0.340 e. The number of benzene rings is 1. The number of ether oxygens (including phenoxy) is 2. The highest BCUT2D eigenvalue weighted by molar-refractivity contribution is 6.01. The summed E-state index contributed by atoms with van der Waals surface area (Å²) >= 11 is 0. The maximum Gasteiger partial charge on any atom is 0.340 e. The molecule has 134 valence electrons. The van der Waals surface area contributed by atoms with Crippen molar-refractivity contribution in [2.75, 3.05) is 7.11 Å². The summed E-state index contributed by atoms with van der Waals surface area (Å²) in [5, 5.41) is 0. The van der Waals surface area contributed by atoms with E-state index < -0.39 is 12.1 Å². The number of rotatable bonds is 6. The Balaban J connectivity index is 2.14. The van der Waals surface area contributed by atoms with Crippen LogP contribution < -0.4 is 4.74 Å². The molecule has 1 atom stereocenters. The standard InChI is InChI=1S/C20H25NO4/c1-12(2)21-13(3)11-18(14(21)4)20(23)25-15(5)19(22)16-7-9-17(24-6)10-8-16/h7-12,15H,1-6H3/t15-/m0/s1. The highest BCUT2D eigenvalue weighted by Gasteiger charge is 2.24. The fourth-order valence-electron chi connectivity index (χ4n) is 3.05. The average molecular weight is 343 g/mol. The monoisotopic (exact) mass is 343 g/mol. The number of carbonyl (C=O) groups is 2. The van der Waals surface area contributed by atoms with E-state index in [1.165, 1.54) is 0 Å². The summed E-state index contributed by atoms with van der Waals surface area (Å²) in [6.45, 7) is 9.55. The third-order valence-electron chi connectivity index (χ3n) is 4.25. The highest BCUT2D eigenvalue weighted by Crippen LogP contribution is 2.22. The zero-order valence-corrected chi connectivity index (χ0v) is 15.6. The number of ketones is 1. The normalized spacial score (nSPS) is 12.1. The molecule has 0 saturated carbocycles. The molecule has 5 heteroatoms. The summed E-state index contributed by atoms with van der Waals surface area (Å²) < 4.78 is 12.6. The van der Waals surface area contributed by atoms with Crippen LogP contribution in [-0.4, -0.2) is 29.5 Å². The third-order valence-corrected chi connectivity index (χ3v) is 4.25. The second-order valence-electron chi connectivity index (χ2n) is 6.39. The van der Waals surface area contributed by atoms with E-state index in [0.717, 1.165) is 11.4 Å². The van der Waals surface area contributed by atoms with Crippen LogP contribution in [0.2, 0.25) is 0 Å². The van der Waals surface area contributed by atoms with Gasteiger partial charge in [0.15, 0.2) is 6.10 Å². The van der Waals surface area contributed by atoms with Crippen LogP contribution >= 0.6 is 0 Å². The van der Waals surface area contributed by atoms with Crippen molar-refractivity contribution >= 4 is 11.8 Å². The van der Waals surface area contributed by atoms with Gasteiger partial charge in [-0.15, -0.1) is 0 Å². The maximum absolute atomic E-state index is 12.5. The van der Waals surface area contributed by atoms with E-state index in [9.17, 15) is 9.59 Å². The summed E-state index contributed by atoms with van der Waals surface area (Å²) in [5.74, 6) is -0.0506. The molecule has 1 aromatic carbocycles. The van der Waals surface area contributed by atoms with E-state index in [2.05, 4.69) is 18.4 Å². The van der Waals surface area contributed by atoms with Gasteiger partial charge in [0.2, 0.25) is 5.78 Å². The molecule has 2 aromatic rings. The van der Waals surface area contributed by atoms with Gasteiger partial charge in [0.1, 0.15) is 5.75 Å². The molecule has 0 unspecified atom stereocenters. The van der Waals surface area contributed by atoms with Gasteiger partial charge in [-0.2, -0.15) is 0 Å². The topological polar surface area (TPSA) is 57.5 Å². The van der Waals surface area contributed by atoms with Crippen molar-refractivity contribution in [1.82, 2.24) is 4.57 Å². The predicted octanol–water partition coefficient (Wildman–Crippen LogP) is 4.12. The first-order valence-corrected chi connectivity index (χ1v) is 8.34. The van der Waals surface area contributed by atoms with Crippen molar-refractivity contribution in [3.8, 4) is 5.75 Å². The Morgan fingerprint density at radius 2 is 1.64 bits per heavy atom. The van der Waals surface area contributed by atoms with E-state index in [1.807, 2.05) is 19.9 Å². The van der Waals surface area contributed by atoms with Crippen molar-refractivity contribution in [3.63, 3.8) is 0 Å². The minimum absolute atomic E-state index is 0.242. The van der Waals surface area contributed by atoms with Crippen molar-refractivity contribution in [3.05, 3.63) is 52.8 Å². The number of aryl methyl sites for hydroxylation is 1. The van der Waals surface area contributed by atoms with E-state index in [0.29, 0.717) is 16.9 Å². The van der Waals surface area contributed by atoms with Gasteiger partial charge in [-0.3, -0.25) is 4.79 Å². The third kappa shape index (κ3) is 3.92. The minimum atomic E-state index is -0.858. The van der Waals surface area contributed by atoms with Gasteiger partial charge in [-0.1, -0.05) is 0 Å². The molecule has 1 aromatic heterocycles. The van der Waals surface area contributed by atoms with Crippen LogP contribution in [0.15, 0.2) is 30.3 Å². The molecule has 0 saturated heterocycles. The minimum Gasteiger partial charge on any atom is -0.497 e. The molecule has 2 rings (SSSR count). The quantitative estimate of drug-likeness (QED) is 0.585. The largest absolute Gasteiger partial charge is 0.497 e. The predicted molar refractivity (Wildman–Crippen MR) is 96.5 cm³/mol. The lowest BCUT2D eigenvalue weighted by Gasteiger charge is -2.15. The lowest BCUT2D eigenvalue weighted by molar-refractivity contribution is 0.0318. The Labute approximate surface area is 148 Å². The second-order valence-corrected chi connectivity index (χ2v) is 6.39. The Bertz CT molecular complexity index is 772. The summed E-state index contributed by atoms with van der Waals surface area (Å²) in [5.41, 5.74) is 2.82. The zero-order valence-electron chi connectivity index (χ0n) is 15.6. The van der Waals surface area contributed by atoms with E-state index in [-0.39, 0.29) is 11.8 Å². The van der Waals surface area contributed by atoms with Crippen molar-refractivity contribution in [1.29, 1.82) is 0 Å². The molecule has 0 fully saturated rings. The number of hydrogen-bond acceptors (Lipinski definition) is 4. The first-order chi connectivity index (χ1) is 11.8. The summed E-state index contributed by atoms with van der Waals surface area (Å²) in [7, 11) is 1.56. The molecule has 0 aliphatic heterocycles. The van der Waals surface area contributed by atoms with Crippen LogP contribution in [0, 0.1) is 13.8 Å². The van der Waals surface area contributed by atoms with Gasteiger partial charge < -0.3 is 14.0 Å².